The van der Waals surface area contributed by atoms with Crippen molar-refractivity contribution in [3.63, 3.8) is 0 Å². The minimum Gasteiger partial charge on any atom is -0.354 e. The largest absolute Gasteiger partial charge is 0.354 e. The molecule has 0 spiro atoms. The van der Waals surface area contributed by atoms with Crippen LogP contribution in [0.1, 0.15) is 19.5 Å². The van der Waals surface area contributed by atoms with Gasteiger partial charge in [-0.3, -0.25) is 9.78 Å². The lowest BCUT2D eigenvalue weighted by Gasteiger charge is -2.18. The molecule has 0 fully saturated rings. The van der Waals surface area contributed by atoms with Gasteiger partial charge in [-0.1, -0.05) is 6.07 Å². The van der Waals surface area contributed by atoms with Gasteiger partial charge in [-0.25, -0.2) is 0 Å². The maximum Gasteiger partial charge on any atom is 0.230 e. The van der Waals surface area contributed by atoms with Crippen molar-refractivity contribution in [2.45, 2.75) is 25.1 Å². The summed E-state index contributed by atoms with van der Waals surface area (Å²) in [5, 5.41) is 2.80. The predicted molar refractivity (Wildman–Crippen MR) is 71.7 cm³/mol. The fourth-order valence-corrected chi connectivity index (χ4v) is 1.88. The fourth-order valence-electron chi connectivity index (χ4n) is 1.11. The molecule has 5 heteroatoms. The highest BCUT2D eigenvalue weighted by atomic mass is 32.2. The van der Waals surface area contributed by atoms with Crippen LogP contribution in [0.3, 0.4) is 0 Å². The summed E-state index contributed by atoms with van der Waals surface area (Å²) >= 11 is 1.55. The third-order valence-electron chi connectivity index (χ3n) is 1.95. The molecule has 3 N–H and O–H groups in total. The van der Waals surface area contributed by atoms with Crippen molar-refractivity contribution in [2.75, 3.05) is 12.3 Å². The molecular formula is C12H19N3OS. The molecule has 1 amide bonds. The Hall–Kier alpha value is -1.07. The summed E-state index contributed by atoms with van der Waals surface area (Å²) in [4.78, 5) is 15.7. The van der Waals surface area contributed by atoms with E-state index in [4.69, 9.17) is 5.73 Å². The Morgan fingerprint density at radius 1 is 1.53 bits per heavy atom. The van der Waals surface area contributed by atoms with E-state index < -0.39 is 0 Å². The van der Waals surface area contributed by atoms with Crippen molar-refractivity contribution in [1.29, 1.82) is 0 Å². The maximum absolute atomic E-state index is 11.5. The van der Waals surface area contributed by atoms with Crippen LogP contribution < -0.4 is 11.1 Å². The maximum atomic E-state index is 11.5. The van der Waals surface area contributed by atoms with Crippen molar-refractivity contribution in [3.8, 4) is 0 Å². The normalized spacial score (nSPS) is 11.2. The minimum absolute atomic E-state index is 0.0180. The van der Waals surface area contributed by atoms with E-state index in [-0.39, 0.29) is 11.4 Å². The highest BCUT2D eigenvalue weighted by molar-refractivity contribution is 7.99. The van der Waals surface area contributed by atoms with Gasteiger partial charge in [0.2, 0.25) is 5.91 Å². The number of thioether (sulfide) groups is 1. The Labute approximate surface area is 106 Å². The van der Waals surface area contributed by atoms with Gasteiger partial charge in [-0.2, -0.15) is 0 Å². The topological polar surface area (TPSA) is 68.0 Å². The summed E-state index contributed by atoms with van der Waals surface area (Å²) in [7, 11) is 0. The van der Waals surface area contributed by atoms with E-state index in [1.807, 2.05) is 32.0 Å². The zero-order chi connectivity index (χ0) is 12.7. The fraction of sp³-hybridized carbons (Fsp3) is 0.500. The van der Waals surface area contributed by atoms with Crippen LogP contribution in [0.15, 0.2) is 24.4 Å². The molecule has 0 aliphatic carbocycles. The van der Waals surface area contributed by atoms with Gasteiger partial charge >= 0.3 is 0 Å². The zero-order valence-corrected chi connectivity index (χ0v) is 11.1. The van der Waals surface area contributed by atoms with Crippen molar-refractivity contribution < 1.29 is 4.79 Å². The van der Waals surface area contributed by atoms with E-state index in [0.29, 0.717) is 12.3 Å². The SMILES string of the molecule is CC(C)(N)CNC(=O)CSCc1ccccn1. The Kier molecular flexibility index (Phi) is 5.44. The number of pyridine rings is 1. The molecule has 17 heavy (non-hydrogen) atoms. The Morgan fingerprint density at radius 2 is 2.29 bits per heavy atom. The van der Waals surface area contributed by atoms with E-state index in [1.54, 1.807) is 18.0 Å². The Bertz CT molecular complexity index is 349. The van der Waals surface area contributed by atoms with Crippen molar-refractivity contribution in [2.24, 2.45) is 5.73 Å². The van der Waals surface area contributed by atoms with Crippen LogP contribution in [0.5, 0.6) is 0 Å². The number of aromatic nitrogens is 1. The molecule has 1 aromatic rings. The molecule has 0 bridgehead atoms. The molecule has 0 saturated heterocycles. The first-order valence-electron chi connectivity index (χ1n) is 5.50. The van der Waals surface area contributed by atoms with Gasteiger partial charge in [-0.15, -0.1) is 11.8 Å². The van der Waals surface area contributed by atoms with Crippen LogP contribution in [-0.4, -0.2) is 28.7 Å². The standard InChI is InChI=1S/C12H19N3OS/c1-12(2,13)9-15-11(16)8-17-7-10-5-3-4-6-14-10/h3-6H,7-9,13H2,1-2H3,(H,15,16). The van der Waals surface area contributed by atoms with Crippen LogP contribution in [0.2, 0.25) is 0 Å². The lowest BCUT2D eigenvalue weighted by molar-refractivity contribution is -0.118. The molecule has 0 aliphatic heterocycles. The van der Waals surface area contributed by atoms with Gasteiger partial charge in [0, 0.05) is 24.0 Å². The highest BCUT2D eigenvalue weighted by Crippen LogP contribution is 2.08. The molecule has 94 valence electrons. The van der Waals surface area contributed by atoms with E-state index in [9.17, 15) is 4.79 Å². The average Bonchev–Trinajstić information content (AvgIpc) is 2.27. The summed E-state index contributed by atoms with van der Waals surface area (Å²) in [6.07, 6.45) is 1.76. The number of hydrogen-bond donors (Lipinski definition) is 2. The van der Waals surface area contributed by atoms with Crippen LogP contribution >= 0.6 is 11.8 Å². The van der Waals surface area contributed by atoms with Gasteiger partial charge in [-0.05, 0) is 26.0 Å². The highest BCUT2D eigenvalue weighted by Gasteiger charge is 2.11. The van der Waals surface area contributed by atoms with E-state index in [0.717, 1.165) is 11.4 Å². The van der Waals surface area contributed by atoms with Crippen molar-refractivity contribution in [1.82, 2.24) is 10.3 Å². The number of carbonyl (C=O) groups excluding carboxylic acids is 1. The van der Waals surface area contributed by atoms with Crippen molar-refractivity contribution in [3.05, 3.63) is 30.1 Å². The van der Waals surface area contributed by atoms with Gasteiger partial charge in [0.25, 0.3) is 0 Å². The molecule has 0 saturated carbocycles. The predicted octanol–water partition coefficient (Wildman–Crippen LogP) is 1.17. The monoisotopic (exact) mass is 253 g/mol. The molecule has 0 aliphatic rings. The van der Waals surface area contributed by atoms with Gasteiger partial charge < -0.3 is 11.1 Å². The second-order valence-electron chi connectivity index (χ2n) is 4.58. The zero-order valence-electron chi connectivity index (χ0n) is 10.3. The molecule has 1 heterocycles. The summed E-state index contributed by atoms with van der Waals surface area (Å²) in [6.45, 7) is 4.26. The first-order valence-corrected chi connectivity index (χ1v) is 6.66. The lowest BCUT2D eigenvalue weighted by Crippen LogP contribution is -2.45. The van der Waals surface area contributed by atoms with E-state index >= 15 is 0 Å². The number of hydrogen-bond acceptors (Lipinski definition) is 4. The van der Waals surface area contributed by atoms with Crippen LogP contribution in [0, 0.1) is 0 Å². The number of amides is 1. The van der Waals surface area contributed by atoms with Gasteiger partial charge in [0.15, 0.2) is 0 Å². The smallest absolute Gasteiger partial charge is 0.230 e. The second kappa shape index (κ2) is 6.61. The number of nitrogens with two attached hydrogens (primary N) is 1. The molecular weight excluding hydrogens is 234 g/mol. The summed E-state index contributed by atoms with van der Waals surface area (Å²) in [5.74, 6) is 1.21. The molecule has 0 radical (unpaired) electrons. The third kappa shape index (κ3) is 6.97. The Morgan fingerprint density at radius 3 is 2.88 bits per heavy atom. The van der Waals surface area contributed by atoms with Crippen LogP contribution in [0.4, 0.5) is 0 Å². The van der Waals surface area contributed by atoms with Crippen molar-refractivity contribution >= 4 is 17.7 Å². The quantitative estimate of drug-likeness (QED) is 0.798. The first kappa shape index (κ1) is 14.0. The summed E-state index contributed by atoms with van der Waals surface area (Å²) in [5.41, 5.74) is 6.40. The van der Waals surface area contributed by atoms with Gasteiger partial charge in [0.1, 0.15) is 0 Å². The molecule has 0 atom stereocenters. The number of rotatable bonds is 6. The Balaban J connectivity index is 2.17. The molecule has 1 aromatic heterocycles. The average molecular weight is 253 g/mol. The van der Waals surface area contributed by atoms with Gasteiger partial charge in [0.05, 0.1) is 11.4 Å². The molecule has 1 rings (SSSR count). The minimum atomic E-state index is -0.360. The number of nitrogens with zero attached hydrogens (tertiary/aromatic N) is 1. The number of carbonyl (C=O) groups is 1. The molecule has 0 unspecified atom stereocenters. The van der Waals surface area contributed by atoms with Crippen LogP contribution in [0.25, 0.3) is 0 Å². The summed E-state index contributed by atoms with van der Waals surface area (Å²) < 4.78 is 0. The van der Waals surface area contributed by atoms with Crippen LogP contribution in [-0.2, 0) is 10.5 Å². The lowest BCUT2D eigenvalue weighted by atomic mass is 10.1. The van der Waals surface area contributed by atoms with E-state index in [2.05, 4.69) is 10.3 Å². The summed E-state index contributed by atoms with van der Waals surface area (Å²) in [6, 6.07) is 5.78. The number of nitrogens with one attached hydrogen (secondary N) is 1. The molecule has 4 nitrogen and oxygen atoms in total. The molecule has 0 aromatic carbocycles. The first-order chi connectivity index (χ1) is 7.97. The van der Waals surface area contributed by atoms with E-state index in [1.165, 1.54) is 0 Å². The second-order valence-corrected chi connectivity index (χ2v) is 5.56. The third-order valence-corrected chi connectivity index (χ3v) is 2.92.